The number of rotatable bonds is 4. The van der Waals surface area contributed by atoms with Gasteiger partial charge in [0.05, 0.1) is 17.8 Å². The summed E-state index contributed by atoms with van der Waals surface area (Å²) in [6.07, 6.45) is -1.47. The van der Waals surface area contributed by atoms with Crippen molar-refractivity contribution in [1.29, 1.82) is 0 Å². The van der Waals surface area contributed by atoms with E-state index >= 15 is 0 Å². The van der Waals surface area contributed by atoms with Crippen molar-refractivity contribution in [3.05, 3.63) is 59.7 Å². The first kappa shape index (κ1) is 16.1. The fraction of sp³-hybridized carbons (Fsp3) is 0.211. The molecule has 2 N–H and O–H groups in total. The summed E-state index contributed by atoms with van der Waals surface area (Å²) in [6, 6.07) is 14.6. The molecule has 5 heteroatoms. The highest BCUT2D eigenvalue weighted by Gasteiger charge is 2.29. The third-order valence-electron chi connectivity index (χ3n) is 3.97. The number of fused-ring (bicyclic) bond motifs is 1. The zero-order valence-electron chi connectivity index (χ0n) is 13.6. The number of carbonyl (C=O) groups is 1. The summed E-state index contributed by atoms with van der Waals surface area (Å²) in [6.45, 7) is 3.77. The Morgan fingerprint density at radius 1 is 1.21 bits per heavy atom. The van der Waals surface area contributed by atoms with Crippen LogP contribution < -0.4 is 0 Å². The van der Waals surface area contributed by atoms with Crippen LogP contribution in [0.25, 0.3) is 22.2 Å². The zero-order chi connectivity index (χ0) is 17.3. The van der Waals surface area contributed by atoms with Gasteiger partial charge in [-0.15, -0.1) is 0 Å². The van der Waals surface area contributed by atoms with E-state index in [-0.39, 0.29) is 6.61 Å². The van der Waals surface area contributed by atoms with Crippen LogP contribution in [0.4, 0.5) is 0 Å². The van der Waals surface area contributed by atoms with Crippen molar-refractivity contribution in [3.8, 4) is 11.3 Å². The number of benzene rings is 2. The molecule has 0 fully saturated rings. The summed E-state index contributed by atoms with van der Waals surface area (Å²) in [4.78, 5) is 12.1. The van der Waals surface area contributed by atoms with Gasteiger partial charge in [-0.25, -0.2) is 4.79 Å². The number of hydrogen-bond acceptors (Lipinski definition) is 4. The molecular weight excluding hydrogens is 306 g/mol. The third-order valence-corrected chi connectivity index (χ3v) is 3.97. The standard InChI is InChI=1S/C19H19NO4/c1-3-24-19(22)18(21)16-14-10-9-12(2)11-15(14)20(23)17(16)13-7-5-4-6-8-13/h4-11,18,21,23H,3H2,1-2H3. The fourth-order valence-corrected chi connectivity index (χ4v) is 2.90. The second-order valence-electron chi connectivity index (χ2n) is 5.62. The Bertz CT molecular complexity index is 883. The normalized spacial score (nSPS) is 12.3. The highest BCUT2D eigenvalue weighted by Crippen LogP contribution is 2.37. The van der Waals surface area contributed by atoms with E-state index in [4.69, 9.17) is 4.74 Å². The predicted molar refractivity (Wildman–Crippen MR) is 90.9 cm³/mol. The number of ether oxygens (including phenoxy) is 1. The first-order valence-corrected chi connectivity index (χ1v) is 7.79. The molecule has 0 spiro atoms. The summed E-state index contributed by atoms with van der Waals surface area (Å²) in [5.41, 5.74) is 2.93. The molecule has 0 aliphatic carbocycles. The van der Waals surface area contributed by atoms with Gasteiger partial charge in [0, 0.05) is 16.5 Å². The Kier molecular flexibility index (Phi) is 4.27. The number of aryl methyl sites for hydroxylation is 1. The lowest BCUT2D eigenvalue weighted by molar-refractivity contribution is -0.153. The van der Waals surface area contributed by atoms with Crippen molar-refractivity contribution >= 4 is 16.9 Å². The minimum atomic E-state index is -1.47. The Morgan fingerprint density at radius 2 is 1.92 bits per heavy atom. The van der Waals surface area contributed by atoms with E-state index in [1.165, 1.54) is 0 Å². The van der Waals surface area contributed by atoms with Gasteiger partial charge in [0.2, 0.25) is 0 Å². The summed E-state index contributed by atoms with van der Waals surface area (Å²) >= 11 is 0. The van der Waals surface area contributed by atoms with Crippen molar-refractivity contribution in [2.75, 3.05) is 6.61 Å². The number of aliphatic hydroxyl groups is 1. The summed E-state index contributed by atoms with van der Waals surface area (Å²) in [5.74, 6) is -0.734. The Balaban J connectivity index is 2.31. The van der Waals surface area contributed by atoms with E-state index in [0.717, 1.165) is 10.3 Å². The van der Waals surface area contributed by atoms with Gasteiger partial charge in [-0.05, 0) is 25.5 Å². The summed E-state index contributed by atoms with van der Waals surface area (Å²) < 4.78 is 5.97. The van der Waals surface area contributed by atoms with Gasteiger partial charge in [-0.3, -0.25) is 0 Å². The van der Waals surface area contributed by atoms with Crippen LogP contribution in [-0.2, 0) is 9.53 Å². The maximum Gasteiger partial charge on any atom is 0.339 e. The van der Waals surface area contributed by atoms with E-state index in [2.05, 4.69) is 0 Å². The summed E-state index contributed by atoms with van der Waals surface area (Å²) in [5, 5.41) is 21.8. The van der Waals surface area contributed by atoms with Crippen LogP contribution in [0.5, 0.6) is 0 Å². The molecule has 0 bridgehead atoms. The number of carbonyl (C=O) groups excluding carboxylic acids is 1. The summed E-state index contributed by atoms with van der Waals surface area (Å²) in [7, 11) is 0. The van der Waals surface area contributed by atoms with Gasteiger partial charge in [-0.1, -0.05) is 42.5 Å². The first-order valence-electron chi connectivity index (χ1n) is 7.79. The van der Waals surface area contributed by atoms with Crippen LogP contribution in [0, 0.1) is 6.92 Å². The minimum absolute atomic E-state index is 0.174. The molecule has 124 valence electrons. The van der Waals surface area contributed by atoms with Gasteiger partial charge in [0.15, 0.2) is 6.10 Å². The smallest absolute Gasteiger partial charge is 0.339 e. The molecule has 0 aliphatic heterocycles. The Morgan fingerprint density at radius 3 is 2.58 bits per heavy atom. The number of hydrogen-bond donors (Lipinski definition) is 2. The lowest BCUT2D eigenvalue weighted by Gasteiger charge is -2.12. The van der Waals surface area contributed by atoms with Crippen LogP contribution in [0.2, 0.25) is 0 Å². The van der Waals surface area contributed by atoms with Gasteiger partial charge in [0.25, 0.3) is 0 Å². The molecule has 0 saturated heterocycles. The van der Waals surface area contributed by atoms with Crippen LogP contribution in [0.15, 0.2) is 48.5 Å². The first-order chi connectivity index (χ1) is 11.5. The second kappa shape index (κ2) is 6.37. The number of esters is 1. The number of aromatic nitrogens is 1. The van der Waals surface area contributed by atoms with Crippen molar-refractivity contribution < 1.29 is 19.8 Å². The lowest BCUT2D eigenvalue weighted by Crippen LogP contribution is -2.16. The molecular formula is C19H19NO4. The van der Waals surface area contributed by atoms with Crippen molar-refractivity contribution in [3.63, 3.8) is 0 Å². The van der Waals surface area contributed by atoms with Crippen molar-refractivity contribution in [2.45, 2.75) is 20.0 Å². The van der Waals surface area contributed by atoms with Crippen LogP contribution in [-0.4, -0.2) is 27.6 Å². The number of nitrogens with zero attached hydrogens (tertiary/aromatic N) is 1. The largest absolute Gasteiger partial charge is 0.464 e. The molecule has 3 rings (SSSR count). The second-order valence-corrected chi connectivity index (χ2v) is 5.62. The average molecular weight is 325 g/mol. The molecule has 0 saturated carbocycles. The molecule has 2 aromatic carbocycles. The maximum absolute atomic E-state index is 12.1. The maximum atomic E-state index is 12.1. The predicted octanol–water partition coefficient (Wildman–Crippen LogP) is 3.45. The minimum Gasteiger partial charge on any atom is -0.464 e. The molecule has 1 heterocycles. The Hall–Kier alpha value is -2.79. The molecule has 0 amide bonds. The molecule has 24 heavy (non-hydrogen) atoms. The average Bonchev–Trinajstić information content (AvgIpc) is 2.87. The third kappa shape index (κ3) is 2.63. The van der Waals surface area contributed by atoms with E-state index in [9.17, 15) is 15.1 Å². The molecule has 1 unspecified atom stereocenters. The monoisotopic (exact) mass is 325 g/mol. The highest BCUT2D eigenvalue weighted by molar-refractivity contribution is 5.96. The Labute approximate surface area is 139 Å². The van der Waals surface area contributed by atoms with E-state index < -0.39 is 12.1 Å². The van der Waals surface area contributed by atoms with Gasteiger partial charge < -0.3 is 15.1 Å². The molecule has 3 aromatic rings. The fourth-order valence-electron chi connectivity index (χ4n) is 2.90. The van der Waals surface area contributed by atoms with Gasteiger partial charge in [-0.2, -0.15) is 4.73 Å². The molecule has 0 aliphatic rings. The van der Waals surface area contributed by atoms with Crippen LogP contribution >= 0.6 is 0 Å². The van der Waals surface area contributed by atoms with Gasteiger partial charge >= 0.3 is 5.97 Å². The van der Waals surface area contributed by atoms with E-state index in [0.29, 0.717) is 27.7 Å². The van der Waals surface area contributed by atoms with Crippen LogP contribution in [0.3, 0.4) is 0 Å². The van der Waals surface area contributed by atoms with Crippen molar-refractivity contribution in [1.82, 2.24) is 4.73 Å². The SMILES string of the molecule is CCOC(=O)C(O)c1c(-c2ccccc2)n(O)c2cc(C)ccc12. The van der Waals surface area contributed by atoms with Crippen molar-refractivity contribution in [2.24, 2.45) is 0 Å². The quantitative estimate of drug-likeness (QED) is 0.569. The van der Waals surface area contributed by atoms with E-state index in [1.807, 2.05) is 49.4 Å². The van der Waals surface area contributed by atoms with Crippen LogP contribution in [0.1, 0.15) is 24.2 Å². The molecule has 5 nitrogen and oxygen atoms in total. The number of aliphatic hydroxyl groups excluding tert-OH is 1. The van der Waals surface area contributed by atoms with E-state index in [1.54, 1.807) is 13.0 Å². The molecule has 1 aromatic heterocycles. The molecule has 0 radical (unpaired) electrons. The topological polar surface area (TPSA) is 71.7 Å². The van der Waals surface area contributed by atoms with Gasteiger partial charge in [0.1, 0.15) is 0 Å². The zero-order valence-corrected chi connectivity index (χ0v) is 13.6. The highest BCUT2D eigenvalue weighted by atomic mass is 16.5. The lowest BCUT2D eigenvalue weighted by atomic mass is 10.00. The molecule has 1 atom stereocenters.